The number of carboxylic acids is 2. The van der Waals surface area contributed by atoms with Crippen LogP contribution in [0.3, 0.4) is 0 Å². The Kier molecular flexibility index (Phi) is 33.8. The maximum absolute atomic E-state index is 11.0. The number of nitrogens with zero attached hydrogens (tertiary/aromatic N) is 2. The summed E-state index contributed by atoms with van der Waals surface area (Å²) in [7, 11) is 0. The Morgan fingerprint density at radius 1 is 0.457 bits per heavy atom. The number of rotatable bonds is 30. The summed E-state index contributed by atoms with van der Waals surface area (Å²) in [4.78, 5) is 30.9. The summed E-state index contributed by atoms with van der Waals surface area (Å²) in [6, 6.07) is 22.9. The predicted octanol–water partition coefficient (Wildman–Crippen LogP) is 15.6. The average Bonchev–Trinajstić information content (AvgIpc) is 3.33. The topological polar surface area (TPSA) is 186 Å². The molecule has 4 aromatic carbocycles. The van der Waals surface area contributed by atoms with Crippen LogP contribution >= 0.6 is 0 Å². The molecule has 0 aliphatic heterocycles. The second kappa shape index (κ2) is 37.7. The Morgan fingerprint density at radius 2 is 0.757 bits per heavy atom. The number of aromatic hydroxyl groups is 2. The van der Waals surface area contributed by atoms with Gasteiger partial charge in [-0.1, -0.05) is 197 Å². The van der Waals surface area contributed by atoms with Gasteiger partial charge in [0.1, 0.15) is 11.5 Å². The fourth-order valence-corrected chi connectivity index (χ4v) is 8.16. The maximum Gasteiger partial charge on any atom is 2.00 e. The summed E-state index contributed by atoms with van der Waals surface area (Å²) in [5.74, 6) is -5.34. The van der Waals surface area contributed by atoms with Gasteiger partial charge in [-0.15, -0.1) is 0 Å². The van der Waals surface area contributed by atoms with Gasteiger partial charge in [-0.05, 0) is 112 Å². The van der Waals surface area contributed by atoms with E-state index in [1.165, 1.54) is 203 Å². The Morgan fingerprint density at radius 3 is 1.04 bits per heavy atom. The van der Waals surface area contributed by atoms with Crippen LogP contribution < -0.4 is 10.2 Å². The molecule has 0 saturated carbocycles. The number of benzene rings is 4. The van der Waals surface area contributed by atoms with Gasteiger partial charge in [0.25, 0.3) is 0 Å². The minimum Gasteiger partial charge on any atom is -0.869 e. The summed E-state index contributed by atoms with van der Waals surface area (Å²) >= 11 is 0. The summed E-state index contributed by atoms with van der Waals surface area (Å²) in [6.45, 7) is 11.9. The van der Waals surface area contributed by atoms with Crippen molar-refractivity contribution in [2.45, 2.75) is 202 Å². The van der Waals surface area contributed by atoms with Crippen LogP contribution in [-0.4, -0.2) is 43.8 Å². The van der Waals surface area contributed by atoms with E-state index in [2.05, 4.69) is 76.2 Å². The van der Waals surface area contributed by atoms with Gasteiger partial charge < -0.3 is 30.6 Å². The molecule has 388 valence electrons. The molecule has 0 heterocycles. The van der Waals surface area contributed by atoms with Crippen LogP contribution in [-0.2, 0) is 29.3 Å². The van der Waals surface area contributed by atoms with Gasteiger partial charge in [0, 0.05) is 0 Å². The molecule has 0 saturated heterocycles. The zero-order chi connectivity index (χ0) is 50.8. The number of unbranched alkanes of at least 4 members (excludes halogenated alkanes) is 20. The van der Waals surface area contributed by atoms with Gasteiger partial charge >= 0.3 is 28.4 Å². The Balaban J connectivity index is 0.000000789. The molecule has 4 aromatic rings. The molecular formula is C59H84N2NiO8. The SMILES string of the molecule is CCCCCCCCCCCCCc1ccc(N=C(C)C(CC)=Nc2ccc(CCCCCCCCCCCCC)cc2)cc1.Cc1ccc(O)c([O-])c1C(=O)O.Cc1ccc(O)c([O-])c1C(=O)O.[Ni+2]. The van der Waals surface area contributed by atoms with Crippen LogP contribution in [0, 0.1) is 13.8 Å². The molecule has 0 atom stereocenters. The third-order valence-electron chi connectivity index (χ3n) is 12.4. The number of hydrogen-bond donors (Lipinski definition) is 4. The first-order valence-electron chi connectivity index (χ1n) is 26.0. The van der Waals surface area contributed by atoms with Crippen LogP contribution in [0.4, 0.5) is 11.4 Å². The number of aliphatic imine (C=N–C) groups is 2. The van der Waals surface area contributed by atoms with Crippen molar-refractivity contribution >= 4 is 34.7 Å². The largest absolute Gasteiger partial charge is 2.00 e. The van der Waals surface area contributed by atoms with E-state index < -0.39 is 34.9 Å². The molecule has 70 heavy (non-hydrogen) atoms. The van der Waals surface area contributed by atoms with E-state index in [1.807, 2.05) is 0 Å². The van der Waals surface area contributed by atoms with Gasteiger partial charge in [0.05, 0.1) is 33.9 Å². The van der Waals surface area contributed by atoms with E-state index in [4.69, 9.17) is 30.4 Å². The molecule has 10 nitrogen and oxygen atoms in total. The van der Waals surface area contributed by atoms with Crippen molar-refractivity contribution in [1.82, 2.24) is 0 Å². The summed E-state index contributed by atoms with van der Waals surface area (Å²) in [5.41, 5.74) is 6.98. The minimum atomic E-state index is -1.31. The molecule has 4 N–H and O–H groups in total. The van der Waals surface area contributed by atoms with Gasteiger partial charge in [-0.2, -0.15) is 0 Å². The molecule has 11 heteroatoms. The van der Waals surface area contributed by atoms with Crippen LogP contribution in [0.5, 0.6) is 23.0 Å². The van der Waals surface area contributed by atoms with Crippen molar-refractivity contribution in [2.75, 3.05) is 0 Å². The summed E-state index contributed by atoms with van der Waals surface area (Å²) < 4.78 is 0. The molecule has 0 spiro atoms. The molecule has 0 aromatic heterocycles. The smallest absolute Gasteiger partial charge is 0.869 e. The molecule has 0 fully saturated rings. The number of phenolic OH excluding ortho intramolecular Hbond substituents is 2. The van der Waals surface area contributed by atoms with E-state index in [1.54, 1.807) is 0 Å². The number of hydrogen-bond acceptors (Lipinski definition) is 8. The third kappa shape index (κ3) is 25.6. The quantitative estimate of drug-likeness (QED) is 0.0226. The van der Waals surface area contributed by atoms with E-state index in [0.29, 0.717) is 11.1 Å². The van der Waals surface area contributed by atoms with Crippen LogP contribution in [0.15, 0.2) is 82.8 Å². The molecule has 0 bridgehead atoms. The molecule has 0 amide bonds. The molecule has 0 aliphatic carbocycles. The Bertz CT molecular complexity index is 2070. The van der Waals surface area contributed by atoms with Crippen molar-refractivity contribution in [3.63, 3.8) is 0 Å². The first-order chi connectivity index (χ1) is 33.2. The standard InChI is InChI=1S/C43H70N2.2C8H8O4.Ni/c1-5-8-10-12-14-16-18-20-22-24-26-28-39-30-34-41(35-31-39)44-38(4)43(7-3)45-42-36-32-40(33-37-42)29-27-25-23-21-19-17-15-13-11-9-6-2;2*1-4-2-3-5(9)7(10)6(4)8(11)12;/h30-37H,5-29H2,1-4H3;2*2-3,9-10H,1H3,(H,11,12);/q;;;+2/p-2. The fraction of sp³-hybridized carbons (Fsp3) is 0.525. The third-order valence-corrected chi connectivity index (χ3v) is 12.4. The minimum absolute atomic E-state index is 0. The number of carbonyl (C=O) groups is 2. The normalized spacial score (nSPS) is 11.2. The van der Waals surface area contributed by atoms with E-state index in [9.17, 15) is 19.8 Å². The van der Waals surface area contributed by atoms with E-state index >= 15 is 0 Å². The van der Waals surface area contributed by atoms with Crippen molar-refractivity contribution in [3.8, 4) is 23.0 Å². The van der Waals surface area contributed by atoms with E-state index in [-0.39, 0.29) is 27.6 Å². The predicted molar refractivity (Wildman–Crippen MR) is 282 cm³/mol. The van der Waals surface area contributed by atoms with Gasteiger partial charge in [-0.3, -0.25) is 9.98 Å². The number of aromatic carboxylic acids is 2. The van der Waals surface area contributed by atoms with Crippen molar-refractivity contribution < 1.29 is 56.7 Å². The first-order valence-corrected chi connectivity index (χ1v) is 26.0. The van der Waals surface area contributed by atoms with Gasteiger partial charge in [0.2, 0.25) is 0 Å². The van der Waals surface area contributed by atoms with Gasteiger partial charge in [0.15, 0.2) is 0 Å². The molecule has 4 rings (SSSR count). The first kappa shape index (κ1) is 62.9. The van der Waals surface area contributed by atoms with Crippen LogP contribution in [0.1, 0.15) is 218 Å². The number of aryl methyl sites for hydroxylation is 4. The van der Waals surface area contributed by atoms with Crippen LogP contribution in [0.2, 0.25) is 0 Å². The molecule has 0 radical (unpaired) electrons. The maximum atomic E-state index is 11.0. The van der Waals surface area contributed by atoms with Crippen LogP contribution in [0.25, 0.3) is 0 Å². The summed E-state index contributed by atoms with van der Waals surface area (Å²) in [5, 5.41) is 56.9. The van der Waals surface area contributed by atoms with E-state index in [0.717, 1.165) is 29.2 Å². The van der Waals surface area contributed by atoms with Gasteiger partial charge in [-0.25, -0.2) is 9.59 Å². The van der Waals surface area contributed by atoms with Crippen molar-refractivity contribution in [1.29, 1.82) is 0 Å². The fourth-order valence-electron chi connectivity index (χ4n) is 8.16. The molecular weight excluding hydrogens is 923 g/mol. The van der Waals surface area contributed by atoms with Crippen molar-refractivity contribution in [3.05, 3.63) is 106 Å². The molecule has 0 unspecified atom stereocenters. The zero-order valence-corrected chi connectivity index (χ0v) is 44.2. The number of carboxylic acid groups (broad SMARTS) is 2. The van der Waals surface area contributed by atoms with Crippen molar-refractivity contribution in [2.24, 2.45) is 9.98 Å². The Labute approximate surface area is 430 Å². The number of phenols is 2. The second-order valence-corrected chi connectivity index (χ2v) is 18.3. The molecule has 0 aliphatic rings. The zero-order valence-electron chi connectivity index (χ0n) is 43.2. The summed E-state index contributed by atoms with van der Waals surface area (Å²) in [6.07, 6.45) is 34.0. The monoisotopic (exact) mass is 1010 g/mol. The second-order valence-electron chi connectivity index (χ2n) is 18.3. The Hall–Kier alpha value is -5.15. The average molecular weight is 1010 g/mol.